The first kappa shape index (κ1) is 52.6. The van der Waals surface area contributed by atoms with Gasteiger partial charge in [-0.05, 0) is 203 Å². The zero-order valence-corrected chi connectivity index (χ0v) is 35.4. The molecular weight excluding hydrogens is 825 g/mol. The molecule has 0 saturated heterocycles. The molecule has 0 aromatic heterocycles. The van der Waals surface area contributed by atoms with Gasteiger partial charge in [0, 0.05) is 24.7 Å². The van der Waals surface area contributed by atoms with Crippen molar-refractivity contribution in [1.82, 2.24) is 0 Å². The lowest BCUT2D eigenvalue weighted by Crippen LogP contribution is -2.31. The average molecular weight is 855 g/mol. The van der Waals surface area contributed by atoms with Crippen LogP contribution in [0.4, 0.5) is 0 Å². The van der Waals surface area contributed by atoms with Crippen molar-refractivity contribution in [3.63, 3.8) is 0 Å². The van der Waals surface area contributed by atoms with Crippen LogP contribution in [0.2, 0.25) is 0 Å². The van der Waals surface area contributed by atoms with Gasteiger partial charge in [-0.2, -0.15) is 0 Å². The van der Waals surface area contributed by atoms with Crippen molar-refractivity contribution >= 4 is 23.9 Å². The number of aliphatic hydroxyl groups excluding tert-OH is 1. The Hall–Kier alpha value is -10.4. The van der Waals surface area contributed by atoms with Crippen molar-refractivity contribution in [2.75, 3.05) is 27.4 Å². The quantitative estimate of drug-likeness (QED) is 0.102. The molecule has 0 fully saturated rings. The highest BCUT2D eigenvalue weighted by Crippen LogP contribution is 2.39. The van der Waals surface area contributed by atoms with Gasteiger partial charge >= 0.3 is 23.9 Å². The summed E-state index contributed by atoms with van der Waals surface area (Å²) in [6, 6.07) is 2.95. The fourth-order valence-electron chi connectivity index (χ4n) is 3.72. The number of esters is 4. The first-order valence-corrected chi connectivity index (χ1v) is 18.1. The molecule has 0 amide bonds. The van der Waals surface area contributed by atoms with Gasteiger partial charge < -0.3 is 33.5 Å². The van der Waals surface area contributed by atoms with Crippen LogP contribution < -0.4 is 14.2 Å². The fourth-order valence-corrected chi connectivity index (χ4v) is 3.72. The molecular formula is C54H30O11. The molecule has 0 bridgehead atoms. The summed E-state index contributed by atoms with van der Waals surface area (Å²) in [6.45, 7) is 3.39. The maximum Gasteiger partial charge on any atom is 0.385 e. The van der Waals surface area contributed by atoms with E-state index >= 15 is 0 Å². The summed E-state index contributed by atoms with van der Waals surface area (Å²) in [5.41, 5.74) is 0.458. The first-order valence-electron chi connectivity index (χ1n) is 18.1. The van der Waals surface area contributed by atoms with E-state index < -0.39 is 49.1 Å². The molecule has 65 heavy (non-hydrogen) atoms. The Kier molecular flexibility index (Phi) is 28.8. The van der Waals surface area contributed by atoms with Crippen LogP contribution in [0.25, 0.3) is 0 Å². The number of methoxy groups -OCH3 is 2. The van der Waals surface area contributed by atoms with Gasteiger partial charge in [0.1, 0.15) is 13.2 Å². The third kappa shape index (κ3) is 27.9. The molecule has 11 heteroatoms. The topological polar surface area (TPSA) is 144 Å². The van der Waals surface area contributed by atoms with Crippen LogP contribution in [-0.4, -0.2) is 62.5 Å². The molecule has 1 aromatic carbocycles. The lowest BCUT2D eigenvalue weighted by molar-refractivity contribution is -0.164. The van der Waals surface area contributed by atoms with E-state index in [1.165, 1.54) is 26.4 Å². The molecule has 1 unspecified atom stereocenters. The monoisotopic (exact) mass is 854 g/mol. The molecule has 11 nitrogen and oxygen atoms in total. The van der Waals surface area contributed by atoms with Crippen molar-refractivity contribution in [2.24, 2.45) is 5.92 Å². The average Bonchev–Trinajstić information content (AvgIpc) is 3.29. The number of carbonyl (C=O) groups is 4. The maximum atomic E-state index is 12.9. The summed E-state index contributed by atoms with van der Waals surface area (Å²) in [6.07, 6.45) is -1.87. The number of carbonyl (C=O) groups excluding carboxylic acids is 4. The molecule has 1 aromatic rings. The second kappa shape index (κ2) is 35.6. The number of hydrogen-bond donors (Lipinski definition) is 1. The van der Waals surface area contributed by atoms with Crippen LogP contribution in [-0.2, 0) is 40.0 Å². The van der Waals surface area contributed by atoms with Gasteiger partial charge in [-0.1, -0.05) is 18.8 Å². The Bertz CT molecular complexity index is 2880. The highest BCUT2D eigenvalue weighted by Gasteiger charge is 2.23. The summed E-state index contributed by atoms with van der Waals surface area (Å²) >= 11 is 0. The van der Waals surface area contributed by atoms with E-state index in [1.807, 2.05) is 0 Å². The fraction of sp³-hybridized carbons (Fsp3) is 0.222. The van der Waals surface area contributed by atoms with Gasteiger partial charge in [-0.25, -0.2) is 9.59 Å². The molecule has 0 aliphatic rings. The molecule has 1 atom stereocenters. The Balaban J connectivity index is 2.98. The second-order valence-corrected chi connectivity index (χ2v) is 11.0. The van der Waals surface area contributed by atoms with Gasteiger partial charge in [0.25, 0.3) is 0 Å². The van der Waals surface area contributed by atoms with E-state index in [9.17, 15) is 24.3 Å². The molecule has 0 aliphatic heterocycles. The van der Waals surface area contributed by atoms with Crippen molar-refractivity contribution in [1.29, 1.82) is 0 Å². The van der Waals surface area contributed by atoms with Gasteiger partial charge in [0.2, 0.25) is 5.75 Å². The summed E-state index contributed by atoms with van der Waals surface area (Å²) in [4.78, 5) is 50.3. The highest BCUT2D eigenvalue weighted by atomic mass is 16.6. The molecule has 0 saturated carbocycles. The van der Waals surface area contributed by atoms with E-state index in [0.717, 1.165) is 0 Å². The van der Waals surface area contributed by atoms with Gasteiger partial charge in [-0.15, -0.1) is 0 Å². The molecule has 1 N–H and O–H groups in total. The molecule has 1 rings (SSSR count). The number of benzene rings is 1. The molecule has 0 aliphatic carbocycles. The Labute approximate surface area is 379 Å². The number of ether oxygens (including phenoxy) is 6. The van der Waals surface area contributed by atoms with E-state index in [1.54, 1.807) is 20.8 Å². The first-order chi connectivity index (χ1) is 31.7. The van der Waals surface area contributed by atoms with E-state index in [-0.39, 0.29) is 36.7 Å². The van der Waals surface area contributed by atoms with Crippen LogP contribution in [0.5, 0.6) is 17.2 Å². The lowest BCUT2D eigenvalue weighted by atomic mass is 10.0. The smallest absolute Gasteiger partial charge is 0.385 e. The number of hydrogen-bond acceptors (Lipinski definition) is 11. The zero-order chi connectivity index (χ0) is 47.6. The Morgan fingerprint density at radius 2 is 0.831 bits per heavy atom. The standard InChI is InChI=1S/C54H30O11/c1-6-8-10-12-14-16-18-20-22-24-26-28-30-32-34-36-50(56)62-43-47(44-63-51(57)37-35-33-31-29-27-25-23-21-19-17-15-13-11-9-7-2)64-52(58)38-45(3)39-53(59)65-54-48(60-4)40-46(42-55)41-49(54)61-5/h40-41,45,47,55H,38-39,42-44H2,1-5H3. The van der Waals surface area contributed by atoms with Crippen molar-refractivity contribution < 1.29 is 52.7 Å². The van der Waals surface area contributed by atoms with E-state index in [4.69, 9.17) is 28.4 Å². The Morgan fingerprint density at radius 1 is 0.508 bits per heavy atom. The SMILES string of the molecule is CC#CC#CC#CC#CC#CC#CC#CC#CC(=O)OCC(COC(=O)C#CC#CC#CC#CC#CC#CC#CC#CC)OC(=O)CC(C)CC(=O)Oc1c(OC)cc(CO)cc1OC. The van der Waals surface area contributed by atoms with E-state index in [2.05, 4.69) is 189 Å². The third-order valence-corrected chi connectivity index (χ3v) is 6.25. The predicted molar refractivity (Wildman–Crippen MR) is 237 cm³/mol. The Morgan fingerprint density at radius 3 is 1.15 bits per heavy atom. The van der Waals surface area contributed by atoms with Gasteiger partial charge in [-0.3, -0.25) is 9.59 Å². The summed E-state index contributed by atoms with van der Waals surface area (Å²) < 4.78 is 31.6. The van der Waals surface area contributed by atoms with Crippen molar-refractivity contribution in [3.8, 4) is 207 Å². The maximum absolute atomic E-state index is 12.9. The summed E-state index contributed by atoms with van der Waals surface area (Å²) in [5, 5.41) is 9.50. The van der Waals surface area contributed by atoms with Crippen molar-refractivity contribution in [2.45, 2.75) is 46.3 Å². The molecule has 312 valence electrons. The molecule has 0 spiro atoms. The largest absolute Gasteiger partial charge is 0.493 e. The van der Waals surface area contributed by atoms with Crippen LogP contribution in [0, 0.1) is 195 Å². The predicted octanol–water partition coefficient (Wildman–Crippen LogP) is 1.61. The zero-order valence-electron chi connectivity index (χ0n) is 35.4. The normalized spacial score (nSPS) is 7.74. The van der Waals surface area contributed by atoms with Crippen LogP contribution in [0.1, 0.15) is 39.2 Å². The summed E-state index contributed by atoms with van der Waals surface area (Å²) in [5.74, 6) is 73.5. The minimum absolute atomic E-state index is 0.0163. The molecule has 0 radical (unpaired) electrons. The second-order valence-electron chi connectivity index (χ2n) is 11.0. The number of aliphatic hydroxyl groups is 1. The van der Waals surface area contributed by atoms with Crippen LogP contribution >= 0.6 is 0 Å². The van der Waals surface area contributed by atoms with Gasteiger partial charge in [0.05, 0.1) is 20.8 Å². The van der Waals surface area contributed by atoms with Gasteiger partial charge in [0.15, 0.2) is 17.6 Å². The van der Waals surface area contributed by atoms with Crippen LogP contribution in [0.15, 0.2) is 12.1 Å². The number of rotatable bonds is 13. The van der Waals surface area contributed by atoms with Crippen molar-refractivity contribution in [3.05, 3.63) is 17.7 Å². The third-order valence-electron chi connectivity index (χ3n) is 6.25. The summed E-state index contributed by atoms with van der Waals surface area (Å²) in [7, 11) is 2.70. The molecule has 0 heterocycles. The highest BCUT2D eigenvalue weighted by molar-refractivity contribution is 5.89. The lowest BCUT2D eigenvalue weighted by Gasteiger charge is -2.18. The van der Waals surface area contributed by atoms with E-state index in [0.29, 0.717) is 5.56 Å². The minimum atomic E-state index is -1.32. The minimum Gasteiger partial charge on any atom is -0.493 e. The van der Waals surface area contributed by atoms with Crippen LogP contribution in [0.3, 0.4) is 0 Å².